The summed E-state index contributed by atoms with van der Waals surface area (Å²) in [6, 6.07) is 9.18. The van der Waals surface area contributed by atoms with Crippen LogP contribution in [0.2, 0.25) is 0 Å². The van der Waals surface area contributed by atoms with E-state index >= 15 is 0 Å². The Morgan fingerprint density at radius 3 is 2.62 bits per heavy atom. The summed E-state index contributed by atoms with van der Waals surface area (Å²) in [5.41, 5.74) is 3.57. The number of aromatic nitrogens is 2. The summed E-state index contributed by atoms with van der Waals surface area (Å²) in [7, 11) is 0. The van der Waals surface area contributed by atoms with E-state index in [-0.39, 0.29) is 0 Å². The average Bonchev–Trinajstić information content (AvgIpc) is 2.79. The number of nitriles is 2. The monoisotopic (exact) mass is 343 g/mol. The molecule has 6 heteroatoms. The van der Waals surface area contributed by atoms with Crippen molar-refractivity contribution in [3.05, 3.63) is 45.2 Å². The van der Waals surface area contributed by atoms with E-state index in [1.54, 1.807) is 18.2 Å². The van der Waals surface area contributed by atoms with Gasteiger partial charge in [-0.25, -0.2) is 0 Å². The maximum Gasteiger partial charge on any atom is 0.101 e. The summed E-state index contributed by atoms with van der Waals surface area (Å²) in [5.74, 6) is 0. The van der Waals surface area contributed by atoms with Gasteiger partial charge in [0.2, 0.25) is 0 Å². The molecule has 0 radical (unpaired) electrons. The van der Waals surface area contributed by atoms with Gasteiger partial charge < -0.3 is 5.32 Å². The predicted octanol–water partition coefficient (Wildman–Crippen LogP) is 3.33. The lowest BCUT2D eigenvalue weighted by Gasteiger charge is -2.09. The second kappa shape index (κ2) is 6.43. The Hall–Kier alpha value is -2.31. The molecule has 0 bridgehead atoms. The number of nitrogens with one attached hydrogen (secondary N) is 1. The molecule has 1 aromatic heterocycles. The SMILES string of the molecule is CCn1nc(C)c(Br)c1CNc1ccc(C#N)c(C#N)c1. The van der Waals surface area contributed by atoms with E-state index in [1.165, 1.54) is 0 Å². The molecule has 1 aromatic carbocycles. The third-order valence-electron chi connectivity index (χ3n) is 3.17. The van der Waals surface area contributed by atoms with Crippen LogP contribution in [0.5, 0.6) is 0 Å². The molecule has 1 N–H and O–H groups in total. The number of halogens is 1. The summed E-state index contributed by atoms with van der Waals surface area (Å²) in [6.07, 6.45) is 0. The van der Waals surface area contributed by atoms with Gasteiger partial charge in [-0.3, -0.25) is 4.68 Å². The van der Waals surface area contributed by atoms with Crippen molar-refractivity contribution >= 4 is 21.6 Å². The van der Waals surface area contributed by atoms with Gasteiger partial charge in [0.1, 0.15) is 12.1 Å². The summed E-state index contributed by atoms with van der Waals surface area (Å²) in [5, 5.41) is 25.7. The van der Waals surface area contributed by atoms with Gasteiger partial charge in [-0.1, -0.05) is 0 Å². The molecule has 0 fully saturated rings. The summed E-state index contributed by atoms with van der Waals surface area (Å²) in [6.45, 7) is 5.37. The first-order chi connectivity index (χ1) is 10.1. The van der Waals surface area contributed by atoms with Gasteiger partial charge in [-0.15, -0.1) is 0 Å². The lowest BCUT2D eigenvalue weighted by Crippen LogP contribution is -2.08. The molecule has 21 heavy (non-hydrogen) atoms. The highest BCUT2D eigenvalue weighted by Crippen LogP contribution is 2.22. The minimum absolute atomic E-state index is 0.377. The molecular weight excluding hydrogens is 330 g/mol. The van der Waals surface area contributed by atoms with Crippen LogP contribution in [0.25, 0.3) is 0 Å². The van der Waals surface area contributed by atoms with E-state index in [1.807, 2.05) is 30.7 Å². The van der Waals surface area contributed by atoms with Crippen LogP contribution in [-0.2, 0) is 13.1 Å². The van der Waals surface area contributed by atoms with Crippen molar-refractivity contribution in [2.45, 2.75) is 26.9 Å². The molecule has 0 aliphatic carbocycles. The number of rotatable bonds is 4. The number of hydrogen-bond acceptors (Lipinski definition) is 4. The fraction of sp³-hybridized carbons (Fsp3) is 0.267. The van der Waals surface area contributed by atoms with Crippen molar-refractivity contribution in [2.75, 3.05) is 5.32 Å². The Labute approximate surface area is 131 Å². The van der Waals surface area contributed by atoms with E-state index < -0.39 is 0 Å². The number of nitrogens with zero attached hydrogens (tertiary/aromatic N) is 4. The van der Waals surface area contributed by atoms with Crippen molar-refractivity contribution in [3.63, 3.8) is 0 Å². The fourth-order valence-corrected chi connectivity index (χ4v) is 2.49. The quantitative estimate of drug-likeness (QED) is 0.923. The van der Waals surface area contributed by atoms with Crippen molar-refractivity contribution in [2.24, 2.45) is 0 Å². The molecule has 0 aliphatic rings. The van der Waals surface area contributed by atoms with Crippen molar-refractivity contribution in [1.82, 2.24) is 9.78 Å². The van der Waals surface area contributed by atoms with E-state index in [0.717, 1.165) is 28.1 Å². The number of anilines is 1. The zero-order chi connectivity index (χ0) is 15.4. The highest BCUT2D eigenvalue weighted by molar-refractivity contribution is 9.10. The van der Waals surface area contributed by atoms with Crippen LogP contribution in [-0.4, -0.2) is 9.78 Å². The maximum atomic E-state index is 9.04. The number of benzene rings is 1. The normalized spacial score (nSPS) is 9.95. The maximum absolute atomic E-state index is 9.04. The van der Waals surface area contributed by atoms with Gasteiger partial charge in [0.05, 0.1) is 33.5 Å². The van der Waals surface area contributed by atoms with Gasteiger partial charge in [0.15, 0.2) is 0 Å². The Morgan fingerprint density at radius 2 is 2.00 bits per heavy atom. The van der Waals surface area contributed by atoms with Crippen molar-refractivity contribution < 1.29 is 0 Å². The smallest absolute Gasteiger partial charge is 0.101 e. The molecule has 1 heterocycles. The minimum atomic E-state index is 0.377. The first-order valence-electron chi connectivity index (χ1n) is 6.50. The molecule has 0 atom stereocenters. The first-order valence-corrected chi connectivity index (χ1v) is 7.29. The van der Waals surface area contributed by atoms with Gasteiger partial charge >= 0.3 is 0 Å². The van der Waals surface area contributed by atoms with Crippen LogP contribution >= 0.6 is 15.9 Å². The molecule has 0 amide bonds. The first kappa shape index (κ1) is 15.1. The molecule has 5 nitrogen and oxygen atoms in total. The van der Waals surface area contributed by atoms with Gasteiger partial charge in [-0.05, 0) is 48.0 Å². The Bertz CT molecular complexity index is 749. The highest BCUT2D eigenvalue weighted by atomic mass is 79.9. The van der Waals surface area contributed by atoms with Crippen LogP contribution in [0.3, 0.4) is 0 Å². The van der Waals surface area contributed by atoms with Crippen molar-refractivity contribution in [1.29, 1.82) is 10.5 Å². The van der Waals surface area contributed by atoms with E-state index in [2.05, 4.69) is 26.3 Å². The molecule has 106 valence electrons. The lowest BCUT2D eigenvalue weighted by atomic mass is 10.1. The van der Waals surface area contributed by atoms with E-state index in [0.29, 0.717) is 17.7 Å². The minimum Gasteiger partial charge on any atom is -0.379 e. The fourth-order valence-electron chi connectivity index (χ4n) is 2.07. The largest absolute Gasteiger partial charge is 0.379 e. The second-order valence-electron chi connectivity index (χ2n) is 4.50. The highest BCUT2D eigenvalue weighted by Gasteiger charge is 2.12. The van der Waals surface area contributed by atoms with Crippen LogP contribution in [0.1, 0.15) is 29.4 Å². The molecular formula is C15H14BrN5. The molecule has 0 unspecified atom stereocenters. The average molecular weight is 344 g/mol. The number of hydrogen-bond donors (Lipinski definition) is 1. The summed E-state index contributed by atoms with van der Waals surface area (Å²) < 4.78 is 2.92. The van der Waals surface area contributed by atoms with E-state index in [9.17, 15) is 0 Å². The molecule has 2 rings (SSSR count). The summed E-state index contributed by atoms with van der Waals surface area (Å²) >= 11 is 3.55. The second-order valence-corrected chi connectivity index (χ2v) is 5.29. The Balaban J connectivity index is 2.22. The summed E-state index contributed by atoms with van der Waals surface area (Å²) in [4.78, 5) is 0. The van der Waals surface area contributed by atoms with Crippen LogP contribution in [0, 0.1) is 29.6 Å². The van der Waals surface area contributed by atoms with Gasteiger partial charge in [0, 0.05) is 12.2 Å². The zero-order valence-corrected chi connectivity index (χ0v) is 13.4. The third-order valence-corrected chi connectivity index (χ3v) is 4.20. The molecule has 0 aliphatic heterocycles. The molecule has 2 aromatic rings. The zero-order valence-electron chi connectivity index (χ0n) is 11.8. The third kappa shape index (κ3) is 3.07. The van der Waals surface area contributed by atoms with Crippen LogP contribution in [0.15, 0.2) is 22.7 Å². The van der Waals surface area contributed by atoms with Crippen molar-refractivity contribution in [3.8, 4) is 12.1 Å². The van der Waals surface area contributed by atoms with Gasteiger partial charge in [0.25, 0.3) is 0 Å². The van der Waals surface area contributed by atoms with Gasteiger partial charge in [-0.2, -0.15) is 15.6 Å². The number of aryl methyl sites for hydroxylation is 2. The standard InChI is InChI=1S/C15H14BrN5/c1-3-21-14(15(16)10(2)20-21)9-19-13-5-4-11(7-17)12(6-13)8-18/h4-6,19H,3,9H2,1-2H3. The predicted molar refractivity (Wildman–Crippen MR) is 83.5 cm³/mol. The van der Waals surface area contributed by atoms with Crippen LogP contribution in [0.4, 0.5) is 5.69 Å². The topological polar surface area (TPSA) is 77.4 Å². The molecule has 0 saturated heterocycles. The molecule has 0 saturated carbocycles. The Morgan fingerprint density at radius 1 is 1.29 bits per heavy atom. The lowest BCUT2D eigenvalue weighted by molar-refractivity contribution is 0.622. The van der Waals surface area contributed by atoms with Crippen LogP contribution < -0.4 is 5.32 Å². The Kier molecular flexibility index (Phi) is 4.62. The van der Waals surface area contributed by atoms with E-state index in [4.69, 9.17) is 10.5 Å². The molecule has 0 spiro atoms.